The van der Waals surface area contributed by atoms with Crippen LogP contribution < -0.4 is 10.3 Å². The Hall–Kier alpha value is -2.61. The predicted octanol–water partition coefficient (Wildman–Crippen LogP) is 5.25. The molecule has 0 aromatic heterocycles. The van der Waals surface area contributed by atoms with Crippen molar-refractivity contribution in [1.82, 2.24) is 10.4 Å². The number of anilines is 2. The van der Waals surface area contributed by atoms with E-state index in [9.17, 15) is 9.59 Å². The minimum Gasteiger partial charge on any atom is -0.330 e. The number of hydrogen-bond acceptors (Lipinski definition) is 5. The zero-order valence-corrected chi connectivity index (χ0v) is 18.7. The summed E-state index contributed by atoms with van der Waals surface area (Å²) in [5.74, 6) is -0.106. The Morgan fingerprint density at radius 2 is 1.58 bits per heavy atom. The highest BCUT2D eigenvalue weighted by Crippen LogP contribution is 2.47. The number of para-hydroxylation sites is 2. The fourth-order valence-corrected chi connectivity index (χ4v) is 6.26. The normalized spacial score (nSPS) is 17.3. The summed E-state index contributed by atoms with van der Waals surface area (Å²) >= 11 is 9.49. The van der Waals surface area contributed by atoms with Crippen LogP contribution in [0.3, 0.4) is 0 Å². The van der Waals surface area contributed by atoms with Gasteiger partial charge in [0.15, 0.2) is 0 Å². The van der Waals surface area contributed by atoms with E-state index in [2.05, 4.69) is 17.6 Å². The second-order valence-corrected chi connectivity index (χ2v) is 9.67. The number of hydrazine groups is 1. The number of hydrogen-bond donors (Lipinski definition) is 1. The van der Waals surface area contributed by atoms with Crippen LogP contribution in [0.15, 0.2) is 82.6 Å². The van der Waals surface area contributed by atoms with Gasteiger partial charge in [0.1, 0.15) is 11.9 Å². The van der Waals surface area contributed by atoms with Crippen LogP contribution in [-0.4, -0.2) is 29.1 Å². The van der Waals surface area contributed by atoms with Gasteiger partial charge in [-0.1, -0.05) is 65.8 Å². The number of thioether (sulfide) groups is 1. The number of rotatable bonds is 4. The molecule has 0 spiro atoms. The van der Waals surface area contributed by atoms with Crippen molar-refractivity contribution in [3.05, 3.63) is 83.4 Å². The number of benzene rings is 3. The first kappa shape index (κ1) is 20.3. The van der Waals surface area contributed by atoms with Gasteiger partial charge < -0.3 is 4.90 Å². The molecule has 2 heterocycles. The van der Waals surface area contributed by atoms with Crippen LogP contribution in [0.1, 0.15) is 10.9 Å². The van der Waals surface area contributed by atoms with Gasteiger partial charge in [-0.15, -0.1) is 11.8 Å². The maximum Gasteiger partial charge on any atom is 0.258 e. The van der Waals surface area contributed by atoms with Gasteiger partial charge in [-0.2, -0.15) is 0 Å². The Balaban J connectivity index is 1.40. The second kappa shape index (κ2) is 8.49. The highest BCUT2D eigenvalue weighted by Gasteiger charge is 2.36. The third-order valence-corrected chi connectivity index (χ3v) is 7.79. The summed E-state index contributed by atoms with van der Waals surface area (Å²) in [5, 5.41) is 1.64. The molecule has 156 valence electrons. The summed E-state index contributed by atoms with van der Waals surface area (Å²) in [4.78, 5) is 29.8. The van der Waals surface area contributed by atoms with E-state index in [1.807, 2.05) is 59.5 Å². The Morgan fingerprint density at radius 1 is 0.968 bits per heavy atom. The van der Waals surface area contributed by atoms with E-state index in [-0.39, 0.29) is 23.7 Å². The molecule has 2 aliphatic rings. The maximum atomic E-state index is 13.1. The molecule has 31 heavy (non-hydrogen) atoms. The molecule has 0 radical (unpaired) electrons. The molecule has 0 saturated carbocycles. The number of nitrogens with one attached hydrogen (secondary N) is 1. The lowest BCUT2D eigenvalue weighted by Gasteiger charge is -2.33. The van der Waals surface area contributed by atoms with Crippen LogP contribution in [0.5, 0.6) is 0 Å². The molecule has 1 atom stereocenters. The second-order valence-electron chi connectivity index (χ2n) is 7.11. The third-order valence-electron chi connectivity index (χ3n) is 5.12. The van der Waals surface area contributed by atoms with Crippen LogP contribution in [0.2, 0.25) is 5.02 Å². The molecule has 8 heteroatoms. The number of amides is 2. The van der Waals surface area contributed by atoms with E-state index < -0.39 is 0 Å². The molecule has 0 bridgehead atoms. The summed E-state index contributed by atoms with van der Waals surface area (Å²) in [5.41, 5.74) is 5.60. The Kier molecular flexibility index (Phi) is 5.56. The number of nitrogens with zero attached hydrogens (tertiary/aromatic N) is 2. The summed E-state index contributed by atoms with van der Waals surface area (Å²) in [6.45, 7) is 0.0955. The van der Waals surface area contributed by atoms with Gasteiger partial charge in [-0.25, -0.2) is 5.01 Å². The van der Waals surface area contributed by atoms with Crippen molar-refractivity contribution >= 4 is 58.3 Å². The van der Waals surface area contributed by atoms with Crippen molar-refractivity contribution in [3.8, 4) is 0 Å². The minimum atomic E-state index is -0.346. The van der Waals surface area contributed by atoms with Crippen molar-refractivity contribution in [2.75, 3.05) is 17.2 Å². The maximum absolute atomic E-state index is 13.1. The average Bonchev–Trinajstić information content (AvgIpc) is 3.13. The Labute approximate surface area is 193 Å². The quantitative estimate of drug-likeness (QED) is 0.568. The molecule has 1 saturated heterocycles. The van der Waals surface area contributed by atoms with Gasteiger partial charge in [-0.05, 0) is 30.3 Å². The molecule has 0 aliphatic carbocycles. The van der Waals surface area contributed by atoms with Crippen LogP contribution >= 0.6 is 35.1 Å². The van der Waals surface area contributed by atoms with Crippen LogP contribution in [0, 0.1) is 0 Å². The topological polar surface area (TPSA) is 52.7 Å². The molecule has 1 N–H and O–H groups in total. The molecule has 1 unspecified atom stereocenters. The standard InChI is InChI=1S/C23H18ClN3O2S2/c24-16-8-2-1-7-15(16)23-27(22(29)14-30-23)25-21(28)13-26-17-9-3-5-11-19(17)31-20-12-6-4-10-18(20)26/h1-12,23H,13-14H2,(H,25,28). The van der Waals surface area contributed by atoms with Gasteiger partial charge in [0.2, 0.25) is 0 Å². The molecule has 5 nitrogen and oxygen atoms in total. The van der Waals surface area contributed by atoms with Gasteiger partial charge in [0, 0.05) is 20.4 Å². The summed E-state index contributed by atoms with van der Waals surface area (Å²) in [7, 11) is 0. The molecule has 5 rings (SSSR count). The van der Waals surface area contributed by atoms with Gasteiger partial charge in [0.25, 0.3) is 11.8 Å². The lowest BCUT2D eigenvalue weighted by molar-refractivity contribution is -0.138. The number of halogens is 1. The first-order valence-corrected chi connectivity index (χ1v) is 12.0. The smallest absolute Gasteiger partial charge is 0.258 e. The molecule has 3 aromatic carbocycles. The zero-order chi connectivity index (χ0) is 21.4. The Bertz CT molecular complexity index is 1130. The van der Waals surface area contributed by atoms with E-state index in [0.29, 0.717) is 10.8 Å². The van der Waals surface area contributed by atoms with E-state index in [0.717, 1.165) is 26.7 Å². The third kappa shape index (κ3) is 3.89. The van der Waals surface area contributed by atoms with E-state index in [1.54, 1.807) is 17.8 Å². The van der Waals surface area contributed by atoms with Gasteiger partial charge in [0.05, 0.1) is 17.1 Å². The van der Waals surface area contributed by atoms with Crippen molar-refractivity contribution in [2.45, 2.75) is 15.2 Å². The predicted molar refractivity (Wildman–Crippen MR) is 126 cm³/mol. The fourth-order valence-electron chi connectivity index (χ4n) is 3.72. The van der Waals surface area contributed by atoms with Crippen LogP contribution in [-0.2, 0) is 9.59 Å². The van der Waals surface area contributed by atoms with E-state index in [4.69, 9.17) is 11.6 Å². The van der Waals surface area contributed by atoms with Crippen LogP contribution in [0.25, 0.3) is 0 Å². The van der Waals surface area contributed by atoms with E-state index in [1.165, 1.54) is 16.8 Å². The fraction of sp³-hybridized carbons (Fsp3) is 0.130. The lowest BCUT2D eigenvalue weighted by atomic mass is 10.2. The molecule has 2 aliphatic heterocycles. The van der Waals surface area contributed by atoms with Crippen molar-refractivity contribution in [3.63, 3.8) is 0 Å². The Morgan fingerprint density at radius 3 is 2.26 bits per heavy atom. The molecular formula is C23H18ClN3O2S2. The number of carbonyl (C=O) groups is 2. The summed E-state index contributed by atoms with van der Waals surface area (Å²) in [6, 6.07) is 23.4. The zero-order valence-electron chi connectivity index (χ0n) is 16.3. The van der Waals surface area contributed by atoms with Crippen molar-refractivity contribution in [2.24, 2.45) is 0 Å². The van der Waals surface area contributed by atoms with Crippen LogP contribution in [0.4, 0.5) is 11.4 Å². The van der Waals surface area contributed by atoms with E-state index >= 15 is 0 Å². The first-order valence-electron chi connectivity index (χ1n) is 9.73. The van der Waals surface area contributed by atoms with Crippen molar-refractivity contribution in [1.29, 1.82) is 0 Å². The number of carbonyl (C=O) groups excluding carboxylic acids is 2. The molecule has 2 amide bonds. The van der Waals surface area contributed by atoms with Gasteiger partial charge >= 0.3 is 0 Å². The summed E-state index contributed by atoms with van der Waals surface area (Å²) in [6.07, 6.45) is 0. The van der Waals surface area contributed by atoms with Crippen molar-refractivity contribution < 1.29 is 9.59 Å². The average molecular weight is 468 g/mol. The highest BCUT2D eigenvalue weighted by molar-refractivity contribution is 8.00. The lowest BCUT2D eigenvalue weighted by Crippen LogP contribution is -2.48. The SMILES string of the molecule is O=C(CN1c2ccccc2Sc2ccccc21)NN1C(=O)CSC1c1ccccc1Cl. The monoisotopic (exact) mass is 467 g/mol. The largest absolute Gasteiger partial charge is 0.330 e. The van der Waals surface area contributed by atoms with Gasteiger partial charge in [-0.3, -0.25) is 15.0 Å². The first-order chi connectivity index (χ1) is 15.1. The molecular weight excluding hydrogens is 450 g/mol. The number of fused-ring (bicyclic) bond motifs is 2. The summed E-state index contributed by atoms with van der Waals surface area (Å²) < 4.78 is 0. The minimum absolute atomic E-state index is 0.0955. The highest BCUT2D eigenvalue weighted by atomic mass is 35.5. The molecule has 1 fully saturated rings. The molecule has 3 aromatic rings.